The molecule has 4 nitrogen and oxygen atoms in total. The van der Waals surface area contributed by atoms with Crippen LogP contribution < -0.4 is 0 Å². The summed E-state index contributed by atoms with van der Waals surface area (Å²) >= 11 is 0. The number of rotatable bonds is 21. The van der Waals surface area contributed by atoms with Crippen LogP contribution >= 0.6 is 0 Å². The molecule has 0 saturated carbocycles. The van der Waals surface area contributed by atoms with Crippen molar-refractivity contribution in [3.05, 3.63) is 12.2 Å². The SMILES string of the molecule is C=C(C)CCOC(=O)CCC(=O)OCCCCCCCCCCCCCCCC. The Hall–Kier alpha value is -1.32. The molecule has 0 aliphatic heterocycles. The van der Waals surface area contributed by atoms with E-state index >= 15 is 0 Å². The molecule has 170 valence electrons. The number of hydrogen-bond donors (Lipinski definition) is 0. The normalized spacial score (nSPS) is 10.7. The molecule has 0 aromatic heterocycles. The third kappa shape index (κ3) is 22.8. The van der Waals surface area contributed by atoms with Gasteiger partial charge >= 0.3 is 11.9 Å². The maximum Gasteiger partial charge on any atom is 0.306 e. The molecule has 0 atom stereocenters. The first-order valence-corrected chi connectivity index (χ1v) is 12.0. The van der Waals surface area contributed by atoms with Gasteiger partial charge in [0.15, 0.2) is 0 Å². The monoisotopic (exact) mass is 410 g/mol. The van der Waals surface area contributed by atoms with Crippen molar-refractivity contribution in [1.82, 2.24) is 0 Å². The van der Waals surface area contributed by atoms with Gasteiger partial charge in [0.05, 0.1) is 26.1 Å². The highest BCUT2D eigenvalue weighted by Crippen LogP contribution is 2.13. The second-order valence-electron chi connectivity index (χ2n) is 8.24. The third-order valence-corrected chi connectivity index (χ3v) is 5.09. The van der Waals surface area contributed by atoms with E-state index in [1.165, 1.54) is 77.0 Å². The minimum absolute atomic E-state index is 0.0910. The van der Waals surface area contributed by atoms with Crippen molar-refractivity contribution in [2.24, 2.45) is 0 Å². The number of carbonyl (C=O) groups excluding carboxylic acids is 2. The lowest BCUT2D eigenvalue weighted by atomic mass is 10.0. The maximum atomic E-state index is 11.6. The van der Waals surface area contributed by atoms with Crippen LogP contribution in [0.2, 0.25) is 0 Å². The predicted molar refractivity (Wildman–Crippen MR) is 121 cm³/mol. The van der Waals surface area contributed by atoms with Crippen molar-refractivity contribution in [1.29, 1.82) is 0 Å². The summed E-state index contributed by atoms with van der Waals surface area (Å²) in [6, 6.07) is 0. The number of hydrogen-bond acceptors (Lipinski definition) is 4. The molecule has 0 aromatic rings. The zero-order valence-electron chi connectivity index (χ0n) is 19.3. The van der Waals surface area contributed by atoms with Crippen LogP contribution in [0.5, 0.6) is 0 Å². The summed E-state index contributed by atoms with van der Waals surface area (Å²) in [7, 11) is 0. The van der Waals surface area contributed by atoms with Gasteiger partial charge in [-0.3, -0.25) is 9.59 Å². The van der Waals surface area contributed by atoms with Crippen LogP contribution in [0.1, 0.15) is 123 Å². The molecule has 0 aliphatic carbocycles. The highest BCUT2D eigenvalue weighted by atomic mass is 16.5. The number of esters is 2. The van der Waals surface area contributed by atoms with Crippen LogP contribution in [0.3, 0.4) is 0 Å². The lowest BCUT2D eigenvalue weighted by Gasteiger charge is -2.06. The van der Waals surface area contributed by atoms with E-state index in [9.17, 15) is 9.59 Å². The Labute approximate surface area is 179 Å². The summed E-state index contributed by atoms with van der Waals surface area (Å²) < 4.78 is 10.2. The fourth-order valence-electron chi connectivity index (χ4n) is 3.17. The highest BCUT2D eigenvalue weighted by Gasteiger charge is 2.09. The fraction of sp³-hybridized carbons (Fsp3) is 0.840. The second kappa shape index (κ2) is 21.4. The van der Waals surface area contributed by atoms with Crippen LogP contribution in [0.25, 0.3) is 0 Å². The molecule has 0 unspecified atom stereocenters. The highest BCUT2D eigenvalue weighted by molar-refractivity contribution is 5.77. The zero-order valence-corrected chi connectivity index (χ0v) is 19.3. The van der Waals surface area contributed by atoms with Gasteiger partial charge in [-0.1, -0.05) is 96.0 Å². The van der Waals surface area contributed by atoms with E-state index in [0.29, 0.717) is 19.6 Å². The van der Waals surface area contributed by atoms with Crippen molar-refractivity contribution in [3.63, 3.8) is 0 Å². The summed E-state index contributed by atoms with van der Waals surface area (Å²) in [6.07, 6.45) is 19.2. The van der Waals surface area contributed by atoms with E-state index in [-0.39, 0.29) is 24.8 Å². The van der Waals surface area contributed by atoms with E-state index in [4.69, 9.17) is 9.47 Å². The van der Waals surface area contributed by atoms with Crippen molar-refractivity contribution in [2.75, 3.05) is 13.2 Å². The number of unbranched alkanes of at least 4 members (excludes halogenated alkanes) is 13. The summed E-state index contributed by atoms with van der Waals surface area (Å²) in [6.45, 7) is 8.70. The lowest BCUT2D eigenvalue weighted by Crippen LogP contribution is -2.11. The molecule has 29 heavy (non-hydrogen) atoms. The Morgan fingerprint density at radius 2 is 0.966 bits per heavy atom. The van der Waals surface area contributed by atoms with Gasteiger partial charge < -0.3 is 9.47 Å². The van der Waals surface area contributed by atoms with Gasteiger partial charge in [-0.2, -0.15) is 0 Å². The van der Waals surface area contributed by atoms with Gasteiger partial charge in [0.2, 0.25) is 0 Å². The summed E-state index contributed by atoms with van der Waals surface area (Å²) in [5.41, 5.74) is 0.977. The van der Waals surface area contributed by atoms with Gasteiger partial charge in [-0.25, -0.2) is 0 Å². The molecule has 0 radical (unpaired) electrons. The Morgan fingerprint density at radius 1 is 0.586 bits per heavy atom. The summed E-state index contributed by atoms with van der Waals surface area (Å²) in [5.74, 6) is -0.656. The standard InChI is InChI=1S/C25H46O4/c1-4-5-6-7-8-9-10-11-12-13-14-15-16-17-21-28-24(26)18-19-25(27)29-22-20-23(2)3/h2,4-22H2,1,3H3. The first-order chi connectivity index (χ1) is 14.1. The quantitative estimate of drug-likeness (QED) is 0.113. The topological polar surface area (TPSA) is 52.6 Å². The average molecular weight is 411 g/mol. The van der Waals surface area contributed by atoms with Crippen molar-refractivity contribution in [3.8, 4) is 0 Å². The van der Waals surface area contributed by atoms with E-state index in [0.717, 1.165) is 18.4 Å². The third-order valence-electron chi connectivity index (χ3n) is 5.09. The van der Waals surface area contributed by atoms with Crippen molar-refractivity contribution in [2.45, 2.75) is 123 Å². The molecule has 0 fully saturated rings. The number of carbonyl (C=O) groups is 2. The van der Waals surface area contributed by atoms with Gasteiger partial charge in [0.1, 0.15) is 0 Å². The molecule has 0 amide bonds. The summed E-state index contributed by atoms with van der Waals surface area (Å²) in [5, 5.41) is 0. The van der Waals surface area contributed by atoms with Crippen LogP contribution in [0, 0.1) is 0 Å². The molecule has 0 rings (SSSR count). The van der Waals surface area contributed by atoms with Crippen molar-refractivity contribution < 1.29 is 19.1 Å². The van der Waals surface area contributed by atoms with Crippen LogP contribution in [-0.2, 0) is 19.1 Å². The molecule has 0 saturated heterocycles. The van der Waals surface area contributed by atoms with E-state index in [2.05, 4.69) is 13.5 Å². The molecule has 0 spiro atoms. The largest absolute Gasteiger partial charge is 0.466 e. The van der Waals surface area contributed by atoms with E-state index < -0.39 is 0 Å². The Kier molecular flexibility index (Phi) is 20.4. The minimum Gasteiger partial charge on any atom is -0.466 e. The number of ether oxygens (including phenoxy) is 2. The summed E-state index contributed by atoms with van der Waals surface area (Å²) in [4.78, 5) is 23.1. The Balaban J connectivity index is 3.26. The molecule has 0 aromatic carbocycles. The molecule has 0 heterocycles. The lowest BCUT2D eigenvalue weighted by molar-refractivity contribution is -0.150. The van der Waals surface area contributed by atoms with Crippen LogP contribution in [-0.4, -0.2) is 25.2 Å². The average Bonchev–Trinajstić information content (AvgIpc) is 2.69. The molecular weight excluding hydrogens is 364 g/mol. The van der Waals surface area contributed by atoms with Gasteiger partial charge in [0.25, 0.3) is 0 Å². The molecular formula is C25H46O4. The van der Waals surface area contributed by atoms with Crippen LogP contribution in [0.15, 0.2) is 12.2 Å². The van der Waals surface area contributed by atoms with Crippen molar-refractivity contribution >= 4 is 11.9 Å². The van der Waals surface area contributed by atoms with E-state index in [1.807, 2.05) is 6.92 Å². The Bertz CT molecular complexity index is 417. The van der Waals surface area contributed by atoms with Gasteiger partial charge in [0, 0.05) is 6.42 Å². The first kappa shape index (κ1) is 27.7. The molecule has 0 bridgehead atoms. The fourth-order valence-corrected chi connectivity index (χ4v) is 3.17. The van der Waals surface area contributed by atoms with Gasteiger partial charge in [-0.05, 0) is 13.3 Å². The van der Waals surface area contributed by atoms with Gasteiger partial charge in [-0.15, -0.1) is 6.58 Å². The minimum atomic E-state index is -0.348. The predicted octanol–water partition coefficient (Wildman–Crippen LogP) is 7.30. The zero-order chi connectivity index (χ0) is 21.6. The van der Waals surface area contributed by atoms with E-state index in [1.54, 1.807) is 0 Å². The molecule has 0 N–H and O–H groups in total. The molecule has 0 aliphatic rings. The first-order valence-electron chi connectivity index (χ1n) is 12.0. The maximum absolute atomic E-state index is 11.6. The van der Waals surface area contributed by atoms with Crippen LogP contribution in [0.4, 0.5) is 0 Å². The second-order valence-corrected chi connectivity index (χ2v) is 8.24. The molecule has 4 heteroatoms. The smallest absolute Gasteiger partial charge is 0.306 e. The Morgan fingerprint density at radius 3 is 1.38 bits per heavy atom.